The molecule has 2 nitrogen and oxygen atoms in total. The third-order valence-electron chi connectivity index (χ3n) is 1.99. The average Bonchev–Trinajstić information content (AvgIpc) is 2.30. The van der Waals surface area contributed by atoms with Crippen LogP contribution in [0.1, 0.15) is 5.56 Å². The van der Waals surface area contributed by atoms with Gasteiger partial charge in [0.05, 0.1) is 0 Å². The second kappa shape index (κ2) is 4.94. The molecule has 0 amide bonds. The van der Waals surface area contributed by atoms with Crippen LogP contribution in [0.2, 0.25) is 0 Å². The summed E-state index contributed by atoms with van der Waals surface area (Å²) in [5.41, 5.74) is 1.00. The van der Waals surface area contributed by atoms with Gasteiger partial charge in [-0.2, -0.15) is 9.37 Å². The molecule has 2 rings (SSSR count). The maximum atomic E-state index is 12.8. The fourth-order valence-corrected chi connectivity index (χ4v) is 1.39. The zero-order valence-corrected chi connectivity index (χ0v) is 9.12. The van der Waals surface area contributed by atoms with Crippen LogP contribution >= 0.6 is 11.6 Å². The molecule has 16 heavy (non-hydrogen) atoms. The first kappa shape index (κ1) is 10.9. The summed E-state index contributed by atoms with van der Waals surface area (Å²) in [6, 6.07) is 11.6. The fourth-order valence-electron chi connectivity index (χ4n) is 1.21. The Labute approximate surface area is 97.7 Å². The second-order valence-electron chi connectivity index (χ2n) is 3.18. The molecule has 0 fully saturated rings. The van der Waals surface area contributed by atoms with Crippen molar-refractivity contribution in [3.63, 3.8) is 0 Å². The maximum absolute atomic E-state index is 12.8. The van der Waals surface area contributed by atoms with E-state index in [1.807, 2.05) is 12.1 Å². The van der Waals surface area contributed by atoms with Crippen LogP contribution in [0.4, 0.5) is 4.39 Å². The Kier molecular flexibility index (Phi) is 3.37. The summed E-state index contributed by atoms with van der Waals surface area (Å²) in [6.45, 7) is 0. The van der Waals surface area contributed by atoms with Crippen LogP contribution in [0.15, 0.2) is 42.5 Å². The largest absolute Gasteiger partial charge is 0.439 e. The van der Waals surface area contributed by atoms with Crippen LogP contribution < -0.4 is 4.74 Å². The van der Waals surface area contributed by atoms with Crippen LogP contribution in [0.3, 0.4) is 0 Å². The number of rotatable bonds is 3. The van der Waals surface area contributed by atoms with Crippen molar-refractivity contribution in [1.82, 2.24) is 4.98 Å². The summed E-state index contributed by atoms with van der Waals surface area (Å²) in [7, 11) is 0. The van der Waals surface area contributed by atoms with Crippen LogP contribution in [0.5, 0.6) is 11.6 Å². The van der Waals surface area contributed by atoms with E-state index >= 15 is 0 Å². The number of pyridine rings is 1. The van der Waals surface area contributed by atoms with Gasteiger partial charge in [0.2, 0.25) is 11.8 Å². The highest BCUT2D eigenvalue weighted by atomic mass is 35.5. The minimum absolute atomic E-state index is 0.235. The van der Waals surface area contributed by atoms with Crippen LogP contribution in [-0.4, -0.2) is 4.98 Å². The maximum Gasteiger partial charge on any atom is 0.221 e. The van der Waals surface area contributed by atoms with Crippen LogP contribution in [0, 0.1) is 5.95 Å². The smallest absolute Gasteiger partial charge is 0.221 e. The average molecular weight is 238 g/mol. The van der Waals surface area contributed by atoms with E-state index in [1.54, 1.807) is 24.3 Å². The van der Waals surface area contributed by atoms with Gasteiger partial charge in [-0.15, -0.1) is 11.6 Å². The molecule has 1 aromatic heterocycles. The Balaban J connectivity index is 2.14. The van der Waals surface area contributed by atoms with Gasteiger partial charge in [0.1, 0.15) is 5.75 Å². The molecule has 82 valence electrons. The quantitative estimate of drug-likeness (QED) is 0.599. The van der Waals surface area contributed by atoms with Crippen molar-refractivity contribution in [2.75, 3.05) is 0 Å². The van der Waals surface area contributed by atoms with E-state index in [0.29, 0.717) is 11.6 Å². The highest BCUT2D eigenvalue weighted by molar-refractivity contribution is 6.17. The molecule has 1 aromatic carbocycles. The minimum atomic E-state index is -0.560. The van der Waals surface area contributed by atoms with E-state index in [2.05, 4.69) is 4.98 Å². The molecule has 1 heterocycles. The first-order valence-electron chi connectivity index (χ1n) is 4.73. The molecule has 0 aliphatic carbocycles. The van der Waals surface area contributed by atoms with Crippen LogP contribution in [0.25, 0.3) is 0 Å². The Hall–Kier alpha value is -1.61. The van der Waals surface area contributed by atoms with E-state index in [1.165, 1.54) is 6.07 Å². The molecule has 0 saturated carbocycles. The third-order valence-corrected chi connectivity index (χ3v) is 2.30. The van der Waals surface area contributed by atoms with E-state index in [0.717, 1.165) is 5.56 Å². The lowest BCUT2D eigenvalue weighted by Gasteiger charge is -2.04. The summed E-state index contributed by atoms with van der Waals surface area (Å²) >= 11 is 5.66. The summed E-state index contributed by atoms with van der Waals surface area (Å²) in [5, 5.41) is 0. The van der Waals surface area contributed by atoms with Gasteiger partial charge < -0.3 is 4.74 Å². The molecule has 0 aliphatic rings. The molecule has 2 aromatic rings. The van der Waals surface area contributed by atoms with Crippen molar-refractivity contribution >= 4 is 11.6 Å². The van der Waals surface area contributed by atoms with Crippen molar-refractivity contribution in [2.45, 2.75) is 5.88 Å². The van der Waals surface area contributed by atoms with E-state index in [4.69, 9.17) is 16.3 Å². The number of nitrogens with zero attached hydrogens (tertiary/aromatic N) is 1. The van der Waals surface area contributed by atoms with Crippen molar-refractivity contribution < 1.29 is 9.13 Å². The normalized spacial score (nSPS) is 10.1. The van der Waals surface area contributed by atoms with Gasteiger partial charge in [0, 0.05) is 11.9 Å². The number of hydrogen-bond acceptors (Lipinski definition) is 2. The molecular weight excluding hydrogens is 229 g/mol. The van der Waals surface area contributed by atoms with Crippen LogP contribution in [-0.2, 0) is 5.88 Å². The van der Waals surface area contributed by atoms with Gasteiger partial charge in [0.15, 0.2) is 0 Å². The second-order valence-corrected chi connectivity index (χ2v) is 3.45. The summed E-state index contributed by atoms with van der Waals surface area (Å²) < 4.78 is 18.1. The minimum Gasteiger partial charge on any atom is -0.439 e. The van der Waals surface area contributed by atoms with Crippen molar-refractivity contribution in [3.05, 3.63) is 54.0 Å². The number of alkyl halides is 1. The monoisotopic (exact) mass is 237 g/mol. The lowest BCUT2D eigenvalue weighted by molar-refractivity contribution is 0.445. The number of aromatic nitrogens is 1. The number of hydrogen-bond donors (Lipinski definition) is 0. The molecule has 4 heteroatoms. The molecular formula is C12H9ClFNO. The Morgan fingerprint density at radius 3 is 2.50 bits per heavy atom. The highest BCUT2D eigenvalue weighted by Gasteiger charge is 2.00. The molecule has 0 N–H and O–H groups in total. The van der Waals surface area contributed by atoms with E-state index < -0.39 is 5.95 Å². The third kappa shape index (κ3) is 2.70. The topological polar surface area (TPSA) is 22.1 Å². The summed E-state index contributed by atoms with van der Waals surface area (Å²) in [6.07, 6.45) is 0. The van der Waals surface area contributed by atoms with Crippen molar-refractivity contribution in [2.24, 2.45) is 0 Å². The lowest BCUT2D eigenvalue weighted by Crippen LogP contribution is -1.90. The Morgan fingerprint density at radius 2 is 1.88 bits per heavy atom. The van der Waals surface area contributed by atoms with Gasteiger partial charge in [-0.3, -0.25) is 0 Å². The number of ether oxygens (including phenoxy) is 1. The summed E-state index contributed by atoms with van der Waals surface area (Å²) in [5.74, 6) is 0.735. The van der Waals surface area contributed by atoms with Gasteiger partial charge in [-0.1, -0.05) is 18.2 Å². The highest BCUT2D eigenvalue weighted by Crippen LogP contribution is 2.20. The Morgan fingerprint density at radius 1 is 1.12 bits per heavy atom. The molecule has 0 radical (unpaired) electrons. The van der Waals surface area contributed by atoms with Crippen molar-refractivity contribution in [1.29, 1.82) is 0 Å². The van der Waals surface area contributed by atoms with Gasteiger partial charge >= 0.3 is 0 Å². The van der Waals surface area contributed by atoms with E-state index in [9.17, 15) is 4.39 Å². The lowest BCUT2D eigenvalue weighted by atomic mass is 10.2. The van der Waals surface area contributed by atoms with Crippen molar-refractivity contribution in [3.8, 4) is 11.6 Å². The standard InChI is InChI=1S/C12H9ClFNO/c13-8-9-4-6-10(7-5-9)16-12-3-1-2-11(14)15-12/h1-7H,8H2. The first-order valence-corrected chi connectivity index (χ1v) is 5.27. The Bertz CT molecular complexity index is 473. The number of halogens is 2. The molecule has 0 atom stereocenters. The zero-order valence-electron chi connectivity index (χ0n) is 8.36. The predicted molar refractivity (Wildman–Crippen MR) is 60.3 cm³/mol. The summed E-state index contributed by atoms with van der Waals surface area (Å²) in [4.78, 5) is 3.60. The molecule has 0 spiro atoms. The molecule has 0 saturated heterocycles. The predicted octanol–water partition coefficient (Wildman–Crippen LogP) is 3.75. The molecule has 0 aliphatic heterocycles. The first-order chi connectivity index (χ1) is 7.78. The number of benzene rings is 1. The van der Waals surface area contributed by atoms with Gasteiger partial charge in [0.25, 0.3) is 0 Å². The molecule has 0 bridgehead atoms. The fraction of sp³-hybridized carbons (Fsp3) is 0.0833. The van der Waals surface area contributed by atoms with Gasteiger partial charge in [-0.25, -0.2) is 0 Å². The SMILES string of the molecule is Fc1cccc(Oc2ccc(CCl)cc2)n1. The van der Waals surface area contributed by atoms with Gasteiger partial charge in [-0.05, 0) is 23.8 Å². The molecule has 0 unspecified atom stereocenters. The van der Waals surface area contributed by atoms with E-state index in [-0.39, 0.29) is 5.88 Å². The zero-order chi connectivity index (χ0) is 11.4.